The minimum absolute atomic E-state index is 0.0325. The number of aliphatic hydroxyl groups excluding tert-OH is 4. The van der Waals surface area contributed by atoms with Gasteiger partial charge in [0.2, 0.25) is 0 Å². The second-order valence-electron chi connectivity index (χ2n) is 5.98. The average molecular weight is 348 g/mol. The van der Waals surface area contributed by atoms with Crippen molar-refractivity contribution in [3.05, 3.63) is 29.5 Å². The van der Waals surface area contributed by atoms with E-state index < -0.39 is 37.1 Å². The zero-order valence-corrected chi connectivity index (χ0v) is 13.6. The molecule has 2 unspecified atom stereocenters. The van der Waals surface area contributed by atoms with Gasteiger partial charge in [0, 0.05) is 16.5 Å². The van der Waals surface area contributed by atoms with Gasteiger partial charge in [-0.1, -0.05) is 6.07 Å². The molecule has 1 aromatic carbocycles. The van der Waals surface area contributed by atoms with E-state index in [0.717, 1.165) is 0 Å². The summed E-state index contributed by atoms with van der Waals surface area (Å²) < 4.78 is 11.0. The van der Waals surface area contributed by atoms with Crippen LogP contribution in [-0.4, -0.2) is 63.5 Å². The van der Waals surface area contributed by atoms with E-state index in [4.69, 9.17) is 9.47 Å². The van der Waals surface area contributed by atoms with Crippen LogP contribution in [0.4, 0.5) is 0 Å². The second kappa shape index (κ2) is 7.00. The van der Waals surface area contributed by atoms with Crippen LogP contribution >= 0.6 is 0 Å². The van der Waals surface area contributed by atoms with E-state index in [9.17, 15) is 25.7 Å². The maximum atomic E-state index is 10.4. The van der Waals surface area contributed by atoms with Crippen LogP contribution in [0.3, 0.4) is 0 Å². The minimum Gasteiger partial charge on any atom is -0.496 e. The maximum absolute atomic E-state index is 10.4. The van der Waals surface area contributed by atoms with Gasteiger partial charge in [-0.05, 0) is 12.1 Å². The molecule has 0 radical (unpaired) electrons. The lowest BCUT2D eigenvalue weighted by Gasteiger charge is -2.40. The number of aromatic amines is 1. The Kier molecular flexibility index (Phi) is 4.94. The number of hydrogen-bond donors (Lipinski definition) is 5. The highest BCUT2D eigenvalue weighted by Crippen LogP contribution is 2.39. The van der Waals surface area contributed by atoms with E-state index in [0.29, 0.717) is 27.9 Å². The monoisotopic (exact) mass is 348 g/mol. The van der Waals surface area contributed by atoms with Crippen LogP contribution in [0.15, 0.2) is 18.2 Å². The van der Waals surface area contributed by atoms with Crippen molar-refractivity contribution < 1.29 is 29.9 Å². The van der Waals surface area contributed by atoms with Crippen molar-refractivity contribution in [3.8, 4) is 11.8 Å². The molecule has 0 bridgehead atoms. The Hall–Kier alpha value is -2.15. The summed E-state index contributed by atoms with van der Waals surface area (Å²) in [4.78, 5) is 3.11. The van der Waals surface area contributed by atoms with E-state index in [2.05, 4.69) is 11.1 Å². The molecule has 0 amide bonds. The number of fused-ring (bicyclic) bond motifs is 1. The molecule has 0 aliphatic carbocycles. The first-order chi connectivity index (χ1) is 12.0. The van der Waals surface area contributed by atoms with E-state index in [1.807, 2.05) is 0 Å². The summed E-state index contributed by atoms with van der Waals surface area (Å²) in [5.41, 5.74) is 1.69. The quantitative estimate of drug-likeness (QED) is 0.514. The first-order valence-electron chi connectivity index (χ1n) is 7.88. The molecule has 134 valence electrons. The third-order valence-corrected chi connectivity index (χ3v) is 4.57. The number of aliphatic hydroxyl groups is 4. The Balaban J connectivity index is 2.14. The van der Waals surface area contributed by atoms with E-state index in [1.165, 1.54) is 7.11 Å². The second-order valence-corrected chi connectivity index (χ2v) is 5.98. The first-order valence-corrected chi connectivity index (χ1v) is 7.88. The third kappa shape index (κ3) is 2.86. The molecule has 2 heterocycles. The molecule has 1 saturated heterocycles. The number of ether oxygens (including phenoxy) is 2. The van der Waals surface area contributed by atoms with E-state index in [1.54, 1.807) is 18.2 Å². The van der Waals surface area contributed by atoms with Gasteiger partial charge >= 0.3 is 0 Å². The molecule has 5 N–H and O–H groups in total. The Bertz CT molecular complexity index is 796. The van der Waals surface area contributed by atoms with E-state index >= 15 is 0 Å². The molecule has 3 rings (SSSR count). The molecule has 25 heavy (non-hydrogen) atoms. The number of nitrogens with one attached hydrogen (secondary N) is 1. The van der Waals surface area contributed by atoms with Crippen LogP contribution in [0.5, 0.6) is 5.75 Å². The summed E-state index contributed by atoms with van der Waals surface area (Å²) in [5, 5.41) is 49.6. The molecular weight excluding hydrogens is 328 g/mol. The highest BCUT2D eigenvalue weighted by Gasteiger charge is 2.45. The van der Waals surface area contributed by atoms with Gasteiger partial charge in [-0.25, -0.2) is 0 Å². The average Bonchev–Trinajstić information content (AvgIpc) is 2.99. The van der Waals surface area contributed by atoms with Gasteiger partial charge in [-0.2, -0.15) is 5.26 Å². The SMILES string of the molecule is COc1cccc2[nH]c([C@H]3O[C@H](CO)[C@H](O)C(O)C3O)c(CC#N)c12. The molecule has 1 aliphatic rings. The number of hydrogen-bond acceptors (Lipinski definition) is 7. The molecule has 0 spiro atoms. The Morgan fingerprint density at radius 2 is 2.00 bits per heavy atom. The predicted molar refractivity (Wildman–Crippen MR) is 86.9 cm³/mol. The fourth-order valence-electron chi connectivity index (χ4n) is 3.32. The smallest absolute Gasteiger partial charge is 0.128 e. The number of benzene rings is 1. The lowest BCUT2D eigenvalue weighted by molar-refractivity contribution is -0.232. The summed E-state index contributed by atoms with van der Waals surface area (Å²) in [6.07, 6.45) is -6.37. The number of aromatic nitrogens is 1. The summed E-state index contributed by atoms with van der Waals surface area (Å²) in [5.74, 6) is 0.565. The molecule has 0 saturated carbocycles. The standard InChI is InChI=1S/C17H20N2O6/c1-24-10-4-2-3-9-12(10)8(5-6-18)13(19-9)17-16(23)15(22)14(21)11(7-20)25-17/h2-4,11,14-17,19-23H,5,7H2,1H3/t11-,14+,15?,16?,17-/m1/s1. The van der Waals surface area contributed by atoms with Crippen molar-refractivity contribution in [2.45, 2.75) is 36.9 Å². The number of methoxy groups -OCH3 is 1. The molecule has 1 aromatic heterocycles. The van der Waals surface area contributed by atoms with Gasteiger partial charge in [0.25, 0.3) is 0 Å². The zero-order valence-electron chi connectivity index (χ0n) is 13.6. The molecule has 5 atom stereocenters. The van der Waals surface area contributed by atoms with Crippen LogP contribution in [0.25, 0.3) is 10.9 Å². The fraction of sp³-hybridized carbons (Fsp3) is 0.471. The van der Waals surface area contributed by atoms with Crippen LogP contribution in [-0.2, 0) is 11.2 Å². The van der Waals surface area contributed by atoms with Crippen molar-refractivity contribution in [2.24, 2.45) is 0 Å². The van der Waals surface area contributed by atoms with Crippen LogP contribution in [0.1, 0.15) is 17.4 Å². The van der Waals surface area contributed by atoms with Gasteiger partial charge in [0.05, 0.1) is 31.9 Å². The molecule has 2 aromatic rings. The minimum atomic E-state index is -1.49. The molecule has 8 heteroatoms. The highest BCUT2D eigenvalue weighted by molar-refractivity contribution is 5.91. The van der Waals surface area contributed by atoms with Crippen LogP contribution in [0, 0.1) is 11.3 Å². The maximum Gasteiger partial charge on any atom is 0.128 e. The summed E-state index contributed by atoms with van der Waals surface area (Å²) in [6.45, 7) is -0.515. The van der Waals surface area contributed by atoms with Crippen molar-refractivity contribution in [1.29, 1.82) is 5.26 Å². The summed E-state index contributed by atoms with van der Waals surface area (Å²) in [7, 11) is 1.52. The summed E-state index contributed by atoms with van der Waals surface area (Å²) in [6, 6.07) is 7.42. The summed E-state index contributed by atoms with van der Waals surface area (Å²) >= 11 is 0. The van der Waals surface area contributed by atoms with Crippen molar-refractivity contribution in [2.75, 3.05) is 13.7 Å². The Morgan fingerprint density at radius 1 is 1.24 bits per heavy atom. The van der Waals surface area contributed by atoms with Crippen molar-refractivity contribution >= 4 is 10.9 Å². The zero-order chi connectivity index (χ0) is 18.1. The molecule has 8 nitrogen and oxygen atoms in total. The number of nitrogens with zero attached hydrogens (tertiary/aromatic N) is 1. The fourth-order valence-corrected chi connectivity index (χ4v) is 3.32. The third-order valence-electron chi connectivity index (χ3n) is 4.57. The Labute approximate surface area is 143 Å². The van der Waals surface area contributed by atoms with Crippen molar-refractivity contribution in [1.82, 2.24) is 4.98 Å². The van der Waals surface area contributed by atoms with Gasteiger partial charge < -0.3 is 34.9 Å². The number of rotatable bonds is 4. The highest BCUT2D eigenvalue weighted by atomic mass is 16.5. The molecule has 1 fully saturated rings. The van der Waals surface area contributed by atoms with Gasteiger partial charge in [-0.3, -0.25) is 0 Å². The topological polar surface area (TPSA) is 139 Å². The number of nitriles is 1. The van der Waals surface area contributed by atoms with Crippen molar-refractivity contribution in [3.63, 3.8) is 0 Å². The van der Waals surface area contributed by atoms with Crippen LogP contribution < -0.4 is 4.74 Å². The largest absolute Gasteiger partial charge is 0.496 e. The molecular formula is C17H20N2O6. The lowest BCUT2D eigenvalue weighted by Crippen LogP contribution is -2.55. The lowest BCUT2D eigenvalue weighted by atomic mass is 9.91. The van der Waals surface area contributed by atoms with Gasteiger partial charge in [-0.15, -0.1) is 0 Å². The Morgan fingerprint density at radius 3 is 2.64 bits per heavy atom. The van der Waals surface area contributed by atoms with Crippen LogP contribution in [0.2, 0.25) is 0 Å². The first kappa shape index (κ1) is 17.7. The van der Waals surface area contributed by atoms with Gasteiger partial charge in [0.15, 0.2) is 0 Å². The number of H-pyrrole nitrogens is 1. The normalized spacial score (nSPS) is 29.5. The van der Waals surface area contributed by atoms with E-state index in [-0.39, 0.29) is 6.42 Å². The van der Waals surface area contributed by atoms with Gasteiger partial charge in [0.1, 0.15) is 36.3 Å². The predicted octanol–water partition coefficient (Wildman–Crippen LogP) is -0.243. The molecule has 1 aliphatic heterocycles.